The van der Waals surface area contributed by atoms with E-state index in [1.165, 1.54) is 0 Å². The lowest BCUT2D eigenvalue weighted by molar-refractivity contribution is -0.461. The Morgan fingerprint density at radius 1 is 0.442 bits per heavy atom. The summed E-state index contributed by atoms with van der Waals surface area (Å²) in [6, 6.07) is 0. The van der Waals surface area contributed by atoms with Crippen LogP contribution < -0.4 is 5.19 Å². The van der Waals surface area contributed by atoms with E-state index in [1.807, 2.05) is 0 Å². The summed E-state index contributed by atoms with van der Waals surface area (Å²) in [4.78, 5) is 0. The highest BCUT2D eigenvalue weighted by Gasteiger charge is 2.95. The summed E-state index contributed by atoms with van der Waals surface area (Å²) in [5.41, 5.74) is -4.41. The van der Waals surface area contributed by atoms with Crippen molar-refractivity contribution < 1.29 is 105 Å². The highest BCUT2D eigenvalue weighted by molar-refractivity contribution is 6.82. The first-order valence-corrected chi connectivity index (χ1v) is 11.9. The van der Waals surface area contributed by atoms with E-state index in [1.54, 1.807) is 0 Å². The van der Waals surface area contributed by atoms with E-state index < -0.39 is 103 Å². The summed E-state index contributed by atoms with van der Waals surface area (Å²) in [6.45, 7) is -0.663. The molecule has 0 amide bonds. The van der Waals surface area contributed by atoms with Crippen LogP contribution in [-0.4, -0.2) is 70.4 Å². The molecule has 1 aromatic carbocycles. The number of rotatable bonds is 11. The topological polar surface area (TPSA) is 18.5 Å². The molecule has 0 aromatic heterocycles. The van der Waals surface area contributed by atoms with E-state index in [4.69, 9.17) is 0 Å². The molecule has 0 aliphatic carbocycles. The summed E-state index contributed by atoms with van der Waals surface area (Å²) in [5, 5.41) is -2.73. The molecule has 1 aromatic rings. The molecule has 0 heterocycles. The van der Waals surface area contributed by atoms with Gasteiger partial charge in [0.15, 0.2) is 23.3 Å². The van der Waals surface area contributed by atoms with Crippen LogP contribution in [-0.2, 0) is 8.85 Å². The maximum absolute atomic E-state index is 14.9. The van der Waals surface area contributed by atoms with E-state index >= 15 is 0 Å². The minimum absolute atomic E-state index is 0.0981. The summed E-state index contributed by atoms with van der Waals surface area (Å²) >= 11 is 0. The Morgan fingerprint density at radius 3 is 0.977 bits per heavy atom. The van der Waals surface area contributed by atoms with Gasteiger partial charge >= 0.3 is 56.2 Å². The Morgan fingerprint density at radius 2 is 0.698 bits per heavy atom. The molecule has 1 unspecified atom stereocenters. The van der Waals surface area contributed by atoms with Crippen LogP contribution in [0.3, 0.4) is 0 Å². The van der Waals surface area contributed by atoms with Crippen LogP contribution in [0.25, 0.3) is 0 Å². The molecule has 0 aliphatic heterocycles. The fourth-order valence-electron chi connectivity index (χ4n) is 3.45. The third-order valence-electron chi connectivity index (χ3n) is 6.02. The van der Waals surface area contributed by atoms with Crippen LogP contribution in [0.2, 0.25) is 5.54 Å². The fourth-order valence-corrected chi connectivity index (χ4v) is 6.66. The van der Waals surface area contributed by atoms with E-state index in [9.17, 15) is 96.6 Å². The maximum atomic E-state index is 14.9. The molecule has 2 nitrogen and oxygen atoms in total. The zero-order valence-electron chi connectivity index (χ0n) is 20.2. The van der Waals surface area contributed by atoms with Gasteiger partial charge < -0.3 is 8.85 Å². The molecule has 25 heteroatoms. The second-order valence-corrected chi connectivity index (χ2v) is 11.8. The molecule has 0 bridgehead atoms. The molecule has 0 saturated heterocycles. The quantitative estimate of drug-likeness (QED) is 0.102. The van der Waals surface area contributed by atoms with E-state index in [2.05, 4.69) is 8.85 Å². The third-order valence-corrected chi connectivity index (χ3v) is 9.88. The van der Waals surface area contributed by atoms with Gasteiger partial charge in [0, 0.05) is 14.2 Å². The molecule has 0 aliphatic rings. The van der Waals surface area contributed by atoms with Gasteiger partial charge in [-0.15, -0.1) is 0 Å². The van der Waals surface area contributed by atoms with Gasteiger partial charge in [0.1, 0.15) is 0 Å². The van der Waals surface area contributed by atoms with Crippen LogP contribution in [0.5, 0.6) is 0 Å². The molecule has 0 spiro atoms. The summed E-state index contributed by atoms with van der Waals surface area (Å²) < 4.78 is 309. The predicted octanol–water partition coefficient (Wildman–Crippen LogP) is 7.72. The Bertz CT molecular complexity index is 1170. The van der Waals surface area contributed by atoms with Crippen molar-refractivity contribution in [3.63, 3.8) is 0 Å². The number of benzene rings is 1. The largest absolute Gasteiger partial charge is 0.460 e. The molecule has 0 fully saturated rings. The van der Waals surface area contributed by atoms with Crippen molar-refractivity contribution >= 4 is 13.7 Å². The van der Waals surface area contributed by atoms with E-state index in [0.29, 0.717) is 0 Å². The second-order valence-electron chi connectivity index (χ2n) is 8.31. The molecule has 0 radical (unpaired) electrons. The van der Waals surface area contributed by atoms with Gasteiger partial charge in [-0.3, -0.25) is 0 Å². The average molecular weight is 704 g/mol. The van der Waals surface area contributed by atoms with Crippen LogP contribution in [0.15, 0.2) is 0 Å². The standard InChI is InChI=1S/C18H10F22O2Si/c1-4(43(41-2,42-3)10-8(22)6(20)5(19)7(21)9(10)23)11(24,25)12(26,27)13(28,29)14(30,31)15(32,33)16(34,35)17(36,37)18(38,39)40/h4H,1-3H3. The summed E-state index contributed by atoms with van der Waals surface area (Å²) in [5.74, 6) is -75.2. The molecule has 1 atom stereocenters. The molecular formula is C18H10F22O2Si. The first-order valence-electron chi connectivity index (χ1n) is 10.0. The molecule has 43 heavy (non-hydrogen) atoms. The van der Waals surface area contributed by atoms with E-state index in [0.717, 1.165) is 0 Å². The maximum Gasteiger partial charge on any atom is 0.460 e. The minimum Gasteiger partial charge on any atom is -0.394 e. The number of halogens is 22. The smallest absolute Gasteiger partial charge is 0.394 e. The van der Waals surface area contributed by atoms with Gasteiger partial charge in [0.05, 0.1) is 10.7 Å². The molecule has 0 N–H and O–H groups in total. The van der Waals surface area contributed by atoms with Gasteiger partial charge in [-0.1, -0.05) is 6.92 Å². The lowest BCUT2D eigenvalue weighted by atomic mass is 9.88. The lowest BCUT2D eigenvalue weighted by Gasteiger charge is -2.45. The van der Waals surface area contributed by atoms with E-state index in [-0.39, 0.29) is 14.2 Å². The first kappa shape index (κ1) is 38.8. The van der Waals surface area contributed by atoms with Crippen LogP contribution >= 0.6 is 0 Å². The fraction of sp³-hybridized carbons (Fsp3) is 0.667. The Labute approximate surface area is 223 Å². The average Bonchev–Trinajstić information content (AvgIpc) is 2.87. The molecule has 0 saturated carbocycles. The summed E-state index contributed by atoms with van der Waals surface area (Å²) in [7, 11) is -6.92. The van der Waals surface area contributed by atoms with Crippen molar-refractivity contribution in [3.05, 3.63) is 29.1 Å². The Balaban J connectivity index is 4.03. The van der Waals surface area contributed by atoms with Gasteiger partial charge in [-0.2, -0.15) is 74.6 Å². The van der Waals surface area contributed by atoms with Gasteiger partial charge in [-0.25, -0.2) is 22.0 Å². The SMILES string of the molecule is CO[Si](OC)(c1c(F)c(F)c(F)c(F)c1F)C(C)C(F)(F)C(F)(F)C(F)(F)C(F)(F)C(F)(F)C(F)(F)C(F)(F)C(F)(F)F. The second kappa shape index (κ2) is 10.7. The van der Waals surface area contributed by atoms with Crippen molar-refractivity contribution in [2.45, 2.75) is 60.1 Å². The highest BCUT2D eigenvalue weighted by Crippen LogP contribution is 2.65. The molecule has 252 valence electrons. The van der Waals surface area contributed by atoms with Crippen LogP contribution in [0.4, 0.5) is 96.6 Å². The molecular weight excluding hydrogens is 694 g/mol. The van der Waals surface area contributed by atoms with Gasteiger partial charge in [0.2, 0.25) is 5.82 Å². The van der Waals surface area contributed by atoms with Crippen molar-refractivity contribution in [1.82, 2.24) is 0 Å². The number of hydrogen-bond donors (Lipinski definition) is 0. The summed E-state index contributed by atoms with van der Waals surface area (Å²) in [6.07, 6.45) is -7.97. The first-order chi connectivity index (χ1) is 18.7. The monoisotopic (exact) mass is 704 g/mol. The van der Waals surface area contributed by atoms with Crippen LogP contribution in [0, 0.1) is 29.1 Å². The van der Waals surface area contributed by atoms with Crippen LogP contribution in [0.1, 0.15) is 6.92 Å². The third kappa shape index (κ3) is 4.81. The molecule has 1 rings (SSSR count). The van der Waals surface area contributed by atoms with Crippen molar-refractivity contribution in [2.75, 3.05) is 14.2 Å². The minimum atomic E-state index is -8.97. The predicted molar refractivity (Wildman–Crippen MR) is 95.7 cm³/mol. The highest BCUT2D eigenvalue weighted by atomic mass is 28.4. The van der Waals surface area contributed by atoms with Crippen molar-refractivity contribution in [3.8, 4) is 0 Å². The number of alkyl halides is 17. The normalized spacial score (nSPS) is 16.1. The van der Waals surface area contributed by atoms with Gasteiger partial charge in [0.25, 0.3) is 0 Å². The zero-order valence-corrected chi connectivity index (χ0v) is 21.2. The van der Waals surface area contributed by atoms with Gasteiger partial charge in [-0.05, 0) is 0 Å². The lowest BCUT2D eigenvalue weighted by Crippen LogP contribution is -2.75. The zero-order chi connectivity index (χ0) is 35.0. The number of hydrogen-bond acceptors (Lipinski definition) is 2. The van der Waals surface area contributed by atoms with Crippen molar-refractivity contribution in [1.29, 1.82) is 0 Å². The van der Waals surface area contributed by atoms with Crippen molar-refractivity contribution in [2.24, 2.45) is 0 Å². The Hall–Kier alpha value is -2.18. The Kier molecular flexibility index (Phi) is 9.68.